The molecule has 25 heavy (non-hydrogen) atoms. The third kappa shape index (κ3) is 5.14. The van der Waals surface area contributed by atoms with Crippen LogP contribution in [0.4, 0.5) is 0 Å². The summed E-state index contributed by atoms with van der Waals surface area (Å²) in [5.74, 6) is -0.752. The number of rotatable bonds is 7. The summed E-state index contributed by atoms with van der Waals surface area (Å²) < 4.78 is 34.6. The van der Waals surface area contributed by atoms with Gasteiger partial charge in [-0.1, -0.05) is 60.7 Å². The van der Waals surface area contributed by atoms with Gasteiger partial charge in [0.1, 0.15) is 12.4 Å². The molecule has 0 amide bonds. The van der Waals surface area contributed by atoms with Crippen LogP contribution in [-0.4, -0.2) is 20.5 Å². The average molecular weight is 360 g/mol. The van der Waals surface area contributed by atoms with Crippen molar-refractivity contribution in [1.82, 2.24) is 0 Å². The fourth-order valence-corrected chi connectivity index (χ4v) is 3.94. The second kappa shape index (κ2) is 7.80. The Bertz CT molecular complexity index is 796. The highest BCUT2D eigenvalue weighted by Gasteiger charge is 2.39. The van der Waals surface area contributed by atoms with E-state index in [-0.39, 0.29) is 24.2 Å². The Morgan fingerprint density at radius 2 is 1.48 bits per heavy atom. The van der Waals surface area contributed by atoms with Gasteiger partial charge in [0.2, 0.25) is 0 Å². The van der Waals surface area contributed by atoms with E-state index in [0.717, 1.165) is 5.56 Å². The van der Waals surface area contributed by atoms with Crippen molar-refractivity contribution in [3.05, 3.63) is 71.8 Å². The Balaban J connectivity index is 1.42. The van der Waals surface area contributed by atoms with Crippen molar-refractivity contribution in [3.63, 3.8) is 0 Å². The molecule has 0 aromatic heterocycles. The first-order valence-corrected chi connectivity index (χ1v) is 9.75. The van der Waals surface area contributed by atoms with Crippen molar-refractivity contribution in [2.45, 2.75) is 31.3 Å². The van der Waals surface area contributed by atoms with E-state index in [1.54, 1.807) is 24.3 Å². The van der Waals surface area contributed by atoms with Gasteiger partial charge in [-0.3, -0.25) is 8.98 Å². The molecule has 2 aromatic carbocycles. The summed E-state index contributed by atoms with van der Waals surface area (Å²) in [5, 5.41) is 0. The van der Waals surface area contributed by atoms with E-state index < -0.39 is 16.2 Å². The summed E-state index contributed by atoms with van der Waals surface area (Å²) in [6.07, 6.45) is 0.312. The van der Waals surface area contributed by atoms with Crippen LogP contribution in [0.2, 0.25) is 0 Å². The Labute approximate surface area is 147 Å². The number of esters is 1. The minimum atomic E-state index is -3.65. The second-order valence-electron chi connectivity index (χ2n) is 6.17. The second-order valence-corrected chi connectivity index (χ2v) is 7.76. The topological polar surface area (TPSA) is 69.7 Å². The van der Waals surface area contributed by atoms with Gasteiger partial charge in [-0.15, -0.1) is 0 Å². The fourth-order valence-electron chi connectivity index (χ4n) is 2.70. The van der Waals surface area contributed by atoms with Crippen LogP contribution in [0.15, 0.2) is 60.7 Å². The van der Waals surface area contributed by atoms with Gasteiger partial charge in [-0.25, -0.2) is 0 Å². The summed E-state index contributed by atoms with van der Waals surface area (Å²) in [6.45, 7) is 0.230. The zero-order valence-electron chi connectivity index (χ0n) is 13.7. The molecule has 5 nitrogen and oxygen atoms in total. The van der Waals surface area contributed by atoms with Crippen molar-refractivity contribution in [3.8, 4) is 0 Å². The normalized spacial score (nSPS) is 19.8. The number of ether oxygens (including phenoxy) is 1. The molecular formula is C19H20O5S. The Kier molecular flexibility index (Phi) is 5.50. The summed E-state index contributed by atoms with van der Waals surface area (Å²) in [7, 11) is -3.65. The number of carbonyl (C=O) groups excluding carboxylic acids is 1. The zero-order chi connectivity index (χ0) is 17.7. The summed E-state index contributed by atoms with van der Waals surface area (Å²) in [4.78, 5) is 12.0. The van der Waals surface area contributed by atoms with Crippen LogP contribution in [-0.2, 0) is 36.2 Å². The van der Waals surface area contributed by atoms with E-state index in [1.807, 2.05) is 36.4 Å². The molecule has 6 heteroatoms. The zero-order valence-corrected chi connectivity index (χ0v) is 14.5. The average Bonchev–Trinajstić information content (AvgIpc) is 2.57. The van der Waals surface area contributed by atoms with Crippen molar-refractivity contribution < 1.29 is 22.1 Å². The van der Waals surface area contributed by atoms with Gasteiger partial charge in [0, 0.05) is 0 Å². The van der Waals surface area contributed by atoms with E-state index in [0.29, 0.717) is 18.4 Å². The molecule has 1 aliphatic rings. The number of carbonyl (C=O) groups is 1. The van der Waals surface area contributed by atoms with Crippen molar-refractivity contribution in [2.75, 3.05) is 0 Å². The molecule has 0 spiro atoms. The van der Waals surface area contributed by atoms with Crippen LogP contribution in [0.1, 0.15) is 24.0 Å². The standard InChI is InChI=1S/C19H20O5S/c20-19(23-13-15-7-3-1-4-8-15)17-11-18(12-17)24-25(21,22)14-16-9-5-2-6-10-16/h1-10,17-18H,11-14H2. The summed E-state index contributed by atoms with van der Waals surface area (Å²) in [6, 6.07) is 18.3. The Morgan fingerprint density at radius 1 is 0.920 bits per heavy atom. The van der Waals surface area contributed by atoms with Gasteiger partial charge in [0.05, 0.1) is 12.0 Å². The molecule has 132 valence electrons. The van der Waals surface area contributed by atoms with Gasteiger partial charge in [-0.2, -0.15) is 8.42 Å². The highest BCUT2D eigenvalue weighted by atomic mass is 32.2. The molecule has 1 aliphatic carbocycles. The maximum Gasteiger partial charge on any atom is 0.309 e. The first-order chi connectivity index (χ1) is 12.0. The lowest BCUT2D eigenvalue weighted by atomic mass is 9.82. The Morgan fingerprint density at radius 3 is 2.08 bits per heavy atom. The van der Waals surface area contributed by atoms with Crippen LogP contribution >= 0.6 is 0 Å². The SMILES string of the molecule is O=C(OCc1ccccc1)C1CC(OS(=O)(=O)Cc2ccccc2)C1. The van der Waals surface area contributed by atoms with Crippen molar-refractivity contribution in [2.24, 2.45) is 5.92 Å². The first kappa shape index (κ1) is 17.6. The highest BCUT2D eigenvalue weighted by molar-refractivity contribution is 7.85. The molecular weight excluding hydrogens is 340 g/mol. The molecule has 0 radical (unpaired) electrons. The molecule has 0 bridgehead atoms. The smallest absolute Gasteiger partial charge is 0.309 e. The number of hydrogen-bond donors (Lipinski definition) is 0. The minimum absolute atomic E-state index is 0.159. The van der Waals surface area contributed by atoms with Crippen LogP contribution in [0.3, 0.4) is 0 Å². The highest BCUT2D eigenvalue weighted by Crippen LogP contribution is 2.33. The lowest BCUT2D eigenvalue weighted by molar-refractivity contribution is -0.156. The molecule has 0 heterocycles. The van der Waals surface area contributed by atoms with Gasteiger partial charge in [-0.05, 0) is 24.0 Å². The van der Waals surface area contributed by atoms with Crippen LogP contribution in [0, 0.1) is 5.92 Å². The minimum Gasteiger partial charge on any atom is -0.461 e. The number of hydrogen-bond acceptors (Lipinski definition) is 5. The van der Waals surface area contributed by atoms with Crippen molar-refractivity contribution >= 4 is 16.1 Å². The first-order valence-electron chi connectivity index (χ1n) is 8.17. The monoisotopic (exact) mass is 360 g/mol. The largest absolute Gasteiger partial charge is 0.461 e. The molecule has 0 N–H and O–H groups in total. The third-order valence-corrected chi connectivity index (χ3v) is 5.37. The lowest BCUT2D eigenvalue weighted by Gasteiger charge is -2.32. The molecule has 0 aliphatic heterocycles. The van der Waals surface area contributed by atoms with E-state index >= 15 is 0 Å². The predicted octanol–water partition coefficient (Wildman–Crippen LogP) is 3.06. The maximum absolute atomic E-state index is 12.1. The summed E-state index contributed by atoms with van der Waals surface area (Å²) >= 11 is 0. The van der Waals surface area contributed by atoms with Gasteiger partial charge in [0.15, 0.2) is 0 Å². The van der Waals surface area contributed by atoms with Crippen LogP contribution < -0.4 is 0 Å². The van der Waals surface area contributed by atoms with Gasteiger partial charge >= 0.3 is 5.97 Å². The van der Waals surface area contributed by atoms with Crippen LogP contribution in [0.25, 0.3) is 0 Å². The molecule has 2 aromatic rings. The molecule has 1 fully saturated rings. The summed E-state index contributed by atoms with van der Waals surface area (Å²) in [5.41, 5.74) is 1.61. The van der Waals surface area contributed by atoms with E-state index in [9.17, 15) is 13.2 Å². The van der Waals surface area contributed by atoms with Gasteiger partial charge in [0.25, 0.3) is 10.1 Å². The molecule has 3 rings (SSSR count). The molecule has 0 unspecified atom stereocenters. The Hall–Kier alpha value is -2.18. The van der Waals surface area contributed by atoms with Crippen molar-refractivity contribution in [1.29, 1.82) is 0 Å². The molecule has 0 saturated heterocycles. The van der Waals surface area contributed by atoms with Gasteiger partial charge < -0.3 is 4.74 Å². The molecule has 0 atom stereocenters. The molecule has 1 saturated carbocycles. The van der Waals surface area contributed by atoms with E-state index in [1.165, 1.54) is 0 Å². The number of benzene rings is 2. The lowest BCUT2D eigenvalue weighted by Crippen LogP contribution is -2.38. The fraction of sp³-hybridized carbons (Fsp3) is 0.316. The third-order valence-electron chi connectivity index (χ3n) is 4.12. The maximum atomic E-state index is 12.1. The predicted molar refractivity (Wildman–Crippen MR) is 92.9 cm³/mol. The van der Waals surface area contributed by atoms with E-state index in [2.05, 4.69) is 0 Å². The quantitative estimate of drug-likeness (QED) is 0.561. The van der Waals surface area contributed by atoms with E-state index in [4.69, 9.17) is 8.92 Å². The van der Waals surface area contributed by atoms with Crippen LogP contribution in [0.5, 0.6) is 0 Å².